The summed E-state index contributed by atoms with van der Waals surface area (Å²) in [5, 5.41) is 11.4. The van der Waals surface area contributed by atoms with Gasteiger partial charge in [0.1, 0.15) is 0 Å². The van der Waals surface area contributed by atoms with Gasteiger partial charge in [0.25, 0.3) is 5.69 Å². The Labute approximate surface area is 98.8 Å². The average Bonchev–Trinajstić information content (AvgIpc) is 2.65. The standard InChI is InChI=1S/C8H6N4O2S2/c9-7-10-8(11-16-7)15-6-3-1-5(2-4-6)12(13)14/h1-4H,(H2,9,10,11). The van der Waals surface area contributed by atoms with Crippen LogP contribution in [0.2, 0.25) is 0 Å². The molecule has 1 heterocycles. The molecule has 6 nitrogen and oxygen atoms in total. The number of nitro groups is 1. The summed E-state index contributed by atoms with van der Waals surface area (Å²) in [7, 11) is 0. The number of nitrogen functional groups attached to an aromatic ring is 1. The molecule has 1 aromatic heterocycles. The number of nitrogens with zero attached hydrogens (tertiary/aromatic N) is 3. The van der Waals surface area contributed by atoms with Gasteiger partial charge < -0.3 is 5.73 Å². The second-order valence-electron chi connectivity index (χ2n) is 2.77. The highest BCUT2D eigenvalue weighted by molar-refractivity contribution is 7.99. The smallest absolute Gasteiger partial charge is 0.269 e. The first-order valence-corrected chi connectivity index (χ1v) is 5.75. The fourth-order valence-electron chi connectivity index (χ4n) is 1.00. The van der Waals surface area contributed by atoms with Crippen molar-refractivity contribution in [1.29, 1.82) is 0 Å². The summed E-state index contributed by atoms with van der Waals surface area (Å²) < 4.78 is 4.00. The Balaban J connectivity index is 2.14. The summed E-state index contributed by atoms with van der Waals surface area (Å²) >= 11 is 2.43. The van der Waals surface area contributed by atoms with Crippen molar-refractivity contribution in [2.45, 2.75) is 10.1 Å². The van der Waals surface area contributed by atoms with E-state index in [1.165, 1.54) is 23.9 Å². The zero-order valence-corrected chi connectivity index (χ0v) is 9.49. The molecular weight excluding hydrogens is 248 g/mol. The number of anilines is 1. The fraction of sp³-hybridized carbons (Fsp3) is 0. The third-order valence-corrected chi connectivity index (χ3v) is 3.21. The Morgan fingerprint density at radius 2 is 2.06 bits per heavy atom. The number of hydrogen-bond donors (Lipinski definition) is 1. The van der Waals surface area contributed by atoms with E-state index in [0.717, 1.165) is 16.4 Å². The van der Waals surface area contributed by atoms with Crippen LogP contribution in [0.5, 0.6) is 0 Å². The number of hydrogen-bond acceptors (Lipinski definition) is 7. The van der Waals surface area contributed by atoms with Gasteiger partial charge in [0, 0.05) is 28.6 Å². The van der Waals surface area contributed by atoms with Gasteiger partial charge in [-0.3, -0.25) is 10.1 Å². The molecule has 1 aromatic carbocycles. The molecule has 8 heteroatoms. The molecule has 0 amide bonds. The third-order valence-electron chi connectivity index (χ3n) is 1.68. The predicted molar refractivity (Wildman–Crippen MR) is 61.5 cm³/mol. The van der Waals surface area contributed by atoms with Gasteiger partial charge in [0.05, 0.1) is 4.92 Å². The molecule has 0 fully saturated rings. The summed E-state index contributed by atoms with van der Waals surface area (Å²) in [6, 6.07) is 6.19. The zero-order valence-electron chi connectivity index (χ0n) is 7.86. The molecule has 0 unspecified atom stereocenters. The molecule has 2 aromatic rings. The van der Waals surface area contributed by atoms with Gasteiger partial charge in [-0.25, -0.2) is 0 Å². The van der Waals surface area contributed by atoms with Crippen LogP contribution in [0.4, 0.5) is 10.8 Å². The van der Waals surface area contributed by atoms with E-state index in [-0.39, 0.29) is 5.69 Å². The molecule has 16 heavy (non-hydrogen) atoms. The Hall–Kier alpha value is -1.67. The largest absolute Gasteiger partial charge is 0.374 e. The lowest BCUT2D eigenvalue weighted by atomic mass is 10.3. The maximum Gasteiger partial charge on any atom is 0.269 e. The molecule has 0 atom stereocenters. The van der Waals surface area contributed by atoms with Gasteiger partial charge in [0.15, 0.2) is 0 Å². The van der Waals surface area contributed by atoms with Gasteiger partial charge in [-0.2, -0.15) is 9.36 Å². The first-order valence-electron chi connectivity index (χ1n) is 4.16. The predicted octanol–water partition coefficient (Wildman–Crippen LogP) is 2.18. The van der Waals surface area contributed by atoms with E-state index in [9.17, 15) is 10.1 Å². The van der Waals surface area contributed by atoms with E-state index in [0.29, 0.717) is 10.3 Å². The molecule has 0 bridgehead atoms. The van der Waals surface area contributed by atoms with Crippen LogP contribution in [0.25, 0.3) is 0 Å². The van der Waals surface area contributed by atoms with Crippen LogP contribution in [0, 0.1) is 10.1 Å². The Kier molecular flexibility index (Phi) is 3.02. The van der Waals surface area contributed by atoms with Crippen LogP contribution in [-0.2, 0) is 0 Å². The number of non-ortho nitro benzene ring substituents is 1. The summed E-state index contributed by atoms with van der Waals surface area (Å²) in [5.74, 6) is 0. The Morgan fingerprint density at radius 1 is 1.38 bits per heavy atom. The SMILES string of the molecule is Nc1nc(Sc2ccc([N+](=O)[O-])cc2)ns1. The van der Waals surface area contributed by atoms with Crippen LogP contribution in [-0.4, -0.2) is 14.3 Å². The van der Waals surface area contributed by atoms with Gasteiger partial charge in [-0.05, 0) is 23.9 Å². The number of nitrogens with two attached hydrogens (primary N) is 1. The number of aromatic nitrogens is 2. The van der Waals surface area contributed by atoms with Crippen molar-refractivity contribution in [3.63, 3.8) is 0 Å². The summed E-state index contributed by atoms with van der Waals surface area (Å²) in [6.45, 7) is 0. The molecule has 2 N–H and O–H groups in total. The molecular formula is C8H6N4O2S2. The van der Waals surface area contributed by atoms with Gasteiger partial charge >= 0.3 is 0 Å². The van der Waals surface area contributed by atoms with Crippen LogP contribution in [0.1, 0.15) is 0 Å². The van der Waals surface area contributed by atoms with Crippen molar-refractivity contribution in [2.24, 2.45) is 0 Å². The minimum absolute atomic E-state index is 0.0649. The Bertz CT molecular complexity index is 511. The van der Waals surface area contributed by atoms with Crippen molar-refractivity contribution in [3.05, 3.63) is 34.4 Å². The molecule has 0 aliphatic heterocycles. The van der Waals surface area contributed by atoms with E-state index < -0.39 is 4.92 Å². The molecule has 2 rings (SSSR count). The quantitative estimate of drug-likeness (QED) is 0.666. The van der Waals surface area contributed by atoms with E-state index in [4.69, 9.17) is 5.73 Å². The van der Waals surface area contributed by atoms with Gasteiger partial charge in [-0.1, -0.05) is 0 Å². The first-order chi connectivity index (χ1) is 7.65. The summed E-state index contributed by atoms with van der Waals surface area (Å²) in [6.07, 6.45) is 0. The molecule has 0 aliphatic carbocycles. The second kappa shape index (κ2) is 4.45. The minimum Gasteiger partial charge on any atom is -0.374 e. The molecule has 0 saturated carbocycles. The number of nitro benzene ring substituents is 1. The minimum atomic E-state index is -0.437. The maximum absolute atomic E-state index is 10.4. The summed E-state index contributed by atoms with van der Waals surface area (Å²) in [5.41, 5.74) is 5.50. The van der Waals surface area contributed by atoms with E-state index in [2.05, 4.69) is 9.36 Å². The van der Waals surface area contributed by atoms with Crippen molar-refractivity contribution >= 4 is 34.1 Å². The lowest BCUT2D eigenvalue weighted by molar-refractivity contribution is -0.384. The van der Waals surface area contributed by atoms with Gasteiger partial charge in [0.2, 0.25) is 10.3 Å². The van der Waals surface area contributed by atoms with Crippen molar-refractivity contribution in [1.82, 2.24) is 9.36 Å². The number of benzene rings is 1. The first kappa shape index (κ1) is 10.8. The summed E-state index contributed by atoms with van der Waals surface area (Å²) in [4.78, 5) is 14.8. The molecule has 0 radical (unpaired) electrons. The fourth-order valence-corrected chi connectivity index (χ4v) is 2.29. The van der Waals surface area contributed by atoms with Gasteiger partial charge in [-0.15, -0.1) is 0 Å². The number of rotatable bonds is 3. The van der Waals surface area contributed by atoms with Crippen LogP contribution in [0.15, 0.2) is 34.3 Å². The van der Waals surface area contributed by atoms with E-state index >= 15 is 0 Å². The highest BCUT2D eigenvalue weighted by Gasteiger charge is 2.07. The van der Waals surface area contributed by atoms with Crippen molar-refractivity contribution in [2.75, 3.05) is 5.73 Å². The van der Waals surface area contributed by atoms with E-state index in [1.807, 2.05) is 0 Å². The van der Waals surface area contributed by atoms with Crippen LogP contribution in [0.3, 0.4) is 0 Å². The normalized spacial score (nSPS) is 10.2. The van der Waals surface area contributed by atoms with E-state index in [1.54, 1.807) is 12.1 Å². The lowest BCUT2D eigenvalue weighted by Crippen LogP contribution is -1.86. The molecule has 0 saturated heterocycles. The lowest BCUT2D eigenvalue weighted by Gasteiger charge is -1.95. The van der Waals surface area contributed by atoms with Crippen LogP contribution >= 0.6 is 23.3 Å². The molecule has 0 aliphatic rings. The van der Waals surface area contributed by atoms with Crippen molar-refractivity contribution in [3.8, 4) is 0 Å². The maximum atomic E-state index is 10.4. The third kappa shape index (κ3) is 2.47. The topological polar surface area (TPSA) is 94.9 Å². The second-order valence-corrected chi connectivity index (χ2v) is 4.59. The van der Waals surface area contributed by atoms with Crippen LogP contribution < -0.4 is 5.73 Å². The molecule has 0 spiro atoms. The van der Waals surface area contributed by atoms with Crippen molar-refractivity contribution < 1.29 is 4.92 Å². The Morgan fingerprint density at radius 3 is 2.56 bits per heavy atom. The highest BCUT2D eigenvalue weighted by Crippen LogP contribution is 2.28. The average molecular weight is 254 g/mol. The highest BCUT2D eigenvalue weighted by atomic mass is 32.2. The monoisotopic (exact) mass is 254 g/mol. The molecule has 82 valence electrons. The zero-order chi connectivity index (χ0) is 11.5.